The number of halogens is 1. The maximum atomic E-state index is 14.1. The molecule has 1 fully saturated rings. The lowest BCUT2D eigenvalue weighted by Gasteiger charge is -2.29. The molecule has 248 valence electrons. The van der Waals surface area contributed by atoms with E-state index in [2.05, 4.69) is 14.9 Å². The Kier molecular flexibility index (Phi) is 10.0. The Balaban J connectivity index is 1.29. The Labute approximate surface area is 277 Å². The van der Waals surface area contributed by atoms with Crippen LogP contribution in [0.2, 0.25) is 0 Å². The van der Waals surface area contributed by atoms with Crippen molar-refractivity contribution in [1.82, 2.24) is 14.5 Å². The maximum Gasteiger partial charge on any atom is 0.264 e. The minimum atomic E-state index is -0.420. The first-order valence-corrected chi connectivity index (χ1v) is 15.9. The summed E-state index contributed by atoms with van der Waals surface area (Å²) < 4.78 is 26.6. The highest BCUT2D eigenvalue weighted by Gasteiger charge is 2.26. The number of benzene rings is 2. The number of hydrogen-bond donors (Lipinski definition) is 2. The molecule has 12 heteroatoms. The molecule has 2 aliphatic rings. The van der Waals surface area contributed by atoms with Gasteiger partial charge in [0.25, 0.3) is 5.91 Å². The number of hydrogen-bond acceptors (Lipinski definition) is 9. The number of aromatic nitrogens is 2. The number of amides is 1. The van der Waals surface area contributed by atoms with Gasteiger partial charge in [-0.2, -0.15) is 0 Å². The third kappa shape index (κ3) is 7.20. The van der Waals surface area contributed by atoms with E-state index in [4.69, 9.17) is 20.9 Å². The lowest BCUT2D eigenvalue weighted by molar-refractivity contribution is -0.0832. The third-order valence-corrected chi connectivity index (χ3v) is 8.52. The summed E-state index contributed by atoms with van der Waals surface area (Å²) >= 11 is 0. The summed E-state index contributed by atoms with van der Waals surface area (Å²) in [6, 6.07) is 15.0. The maximum absolute atomic E-state index is 14.1. The van der Waals surface area contributed by atoms with Crippen LogP contribution in [0.4, 0.5) is 15.9 Å². The van der Waals surface area contributed by atoms with Crippen molar-refractivity contribution < 1.29 is 18.7 Å². The van der Waals surface area contributed by atoms with Crippen molar-refractivity contribution >= 4 is 29.2 Å². The molecule has 1 atom stereocenters. The molecule has 2 aromatic heterocycles. The molecule has 4 aromatic rings. The predicted octanol–water partition coefficient (Wildman–Crippen LogP) is 4.02. The lowest BCUT2D eigenvalue weighted by Crippen LogP contribution is -2.43. The van der Waals surface area contributed by atoms with E-state index in [0.29, 0.717) is 86.4 Å². The molecular weight excluding hydrogens is 613 g/mol. The number of carbonyl (C=O) groups excluding carboxylic acids is 1. The molecule has 11 nitrogen and oxygen atoms in total. The van der Waals surface area contributed by atoms with E-state index in [0.717, 1.165) is 11.1 Å². The smallest absolute Gasteiger partial charge is 0.264 e. The summed E-state index contributed by atoms with van der Waals surface area (Å²) in [4.78, 5) is 40.5. The van der Waals surface area contributed by atoms with Crippen LogP contribution in [0, 0.1) is 5.82 Å². The Bertz CT molecular complexity index is 1880. The molecular formula is C36H38FN7O4. The van der Waals surface area contributed by atoms with Crippen LogP contribution in [0.3, 0.4) is 0 Å². The van der Waals surface area contributed by atoms with Gasteiger partial charge in [0.05, 0.1) is 33.0 Å². The highest BCUT2D eigenvalue weighted by Crippen LogP contribution is 2.30. The van der Waals surface area contributed by atoms with Crippen molar-refractivity contribution in [3.8, 4) is 22.3 Å². The van der Waals surface area contributed by atoms with Gasteiger partial charge in [0.2, 0.25) is 5.43 Å². The van der Waals surface area contributed by atoms with Crippen molar-refractivity contribution in [3.63, 3.8) is 0 Å². The van der Waals surface area contributed by atoms with Crippen molar-refractivity contribution in [2.24, 2.45) is 10.7 Å². The summed E-state index contributed by atoms with van der Waals surface area (Å²) in [6.07, 6.45) is 8.04. The fourth-order valence-electron chi connectivity index (χ4n) is 5.75. The van der Waals surface area contributed by atoms with Crippen LogP contribution < -0.4 is 21.8 Å². The monoisotopic (exact) mass is 651 g/mol. The zero-order chi connectivity index (χ0) is 33.6. The number of nitrogens with two attached hydrogens (primary N) is 2. The van der Waals surface area contributed by atoms with Gasteiger partial charge in [-0.25, -0.2) is 9.37 Å². The van der Waals surface area contributed by atoms with Crippen molar-refractivity contribution in [2.45, 2.75) is 19.6 Å². The molecule has 48 heavy (non-hydrogen) atoms. The Morgan fingerprint density at radius 1 is 1.02 bits per heavy atom. The number of rotatable bonds is 8. The number of nitrogen functional groups attached to an aromatic ring is 1. The summed E-state index contributed by atoms with van der Waals surface area (Å²) in [5.41, 5.74) is 16.3. The fraction of sp³-hybridized carbons (Fsp3) is 0.278. The second-order valence-electron chi connectivity index (χ2n) is 11.6. The van der Waals surface area contributed by atoms with Gasteiger partial charge in [-0.05, 0) is 48.0 Å². The molecule has 1 amide bonds. The Morgan fingerprint density at radius 2 is 1.75 bits per heavy atom. The first-order chi connectivity index (χ1) is 23.3. The van der Waals surface area contributed by atoms with Crippen molar-refractivity contribution in [1.29, 1.82) is 0 Å². The number of ether oxygens (including phenoxy) is 2. The number of carbonyl (C=O) groups is 1. The second-order valence-corrected chi connectivity index (χ2v) is 11.6. The largest absolute Gasteiger partial charge is 0.404 e. The summed E-state index contributed by atoms with van der Waals surface area (Å²) in [5, 5.41) is 0. The van der Waals surface area contributed by atoms with Crippen LogP contribution in [0.1, 0.15) is 22.8 Å². The fourth-order valence-corrected chi connectivity index (χ4v) is 5.75. The molecule has 2 aliphatic heterocycles. The van der Waals surface area contributed by atoms with Gasteiger partial charge in [-0.1, -0.05) is 31.2 Å². The molecule has 2 aromatic carbocycles. The molecule has 4 heterocycles. The van der Waals surface area contributed by atoms with Gasteiger partial charge >= 0.3 is 0 Å². The summed E-state index contributed by atoms with van der Waals surface area (Å²) in [5.74, 6) is -0.485. The van der Waals surface area contributed by atoms with E-state index in [1.165, 1.54) is 18.3 Å². The van der Waals surface area contributed by atoms with Crippen LogP contribution in [0.15, 0.2) is 89.2 Å². The van der Waals surface area contributed by atoms with Gasteiger partial charge < -0.3 is 25.5 Å². The molecule has 2 bridgehead atoms. The van der Waals surface area contributed by atoms with E-state index in [-0.39, 0.29) is 11.7 Å². The highest BCUT2D eigenvalue weighted by atomic mass is 19.1. The van der Waals surface area contributed by atoms with Crippen LogP contribution in [-0.2, 0) is 16.0 Å². The van der Waals surface area contributed by atoms with Crippen LogP contribution in [0.25, 0.3) is 27.8 Å². The van der Waals surface area contributed by atoms with E-state index < -0.39 is 17.2 Å². The molecule has 0 radical (unpaired) electrons. The standard InChI is InChI=1S/C36H38FN7O4/c1-2-42-11-12-43-20-32(25-3-7-28(37)8-4-25)34(45)33(21-43)36(46)44(23-42)29-9-5-24(6-10-29)31-15-26(18-41-35(31)39)27(16-38)17-40-19-30-22-47-13-14-48-30/h3-10,15-18,20-21,30H,2,11-14,19,22-23,38H2,1H3,(H2,39,41)/t30-/m0/s1. The molecule has 0 saturated carbocycles. The molecule has 0 spiro atoms. The first kappa shape index (κ1) is 32.8. The zero-order valence-electron chi connectivity index (χ0n) is 26.7. The Hall–Kier alpha value is -5.17. The van der Waals surface area contributed by atoms with E-state index in [9.17, 15) is 14.0 Å². The highest BCUT2D eigenvalue weighted by molar-refractivity contribution is 6.10. The number of anilines is 2. The van der Waals surface area contributed by atoms with Gasteiger partial charge in [-0.15, -0.1) is 0 Å². The second kappa shape index (κ2) is 14.7. The van der Waals surface area contributed by atoms with Gasteiger partial charge in [0.1, 0.15) is 23.3 Å². The lowest BCUT2D eigenvalue weighted by atomic mass is 10.0. The average Bonchev–Trinajstić information content (AvgIpc) is 3.17. The topological polar surface area (TPSA) is 141 Å². The van der Waals surface area contributed by atoms with Gasteiger partial charge in [0.15, 0.2) is 0 Å². The minimum absolute atomic E-state index is 0.0466. The predicted molar refractivity (Wildman–Crippen MR) is 185 cm³/mol. The van der Waals surface area contributed by atoms with Gasteiger partial charge in [0, 0.05) is 72.0 Å². The molecule has 0 aliphatic carbocycles. The normalized spacial score (nSPS) is 17.7. The van der Waals surface area contributed by atoms with Gasteiger partial charge in [-0.3, -0.25) is 24.4 Å². The molecule has 0 unspecified atom stereocenters. The van der Waals surface area contributed by atoms with E-state index in [1.807, 2.05) is 41.8 Å². The number of nitrogens with zero attached hydrogens (tertiary/aromatic N) is 5. The molecule has 6 rings (SSSR count). The third-order valence-electron chi connectivity index (χ3n) is 8.52. The van der Waals surface area contributed by atoms with E-state index in [1.54, 1.807) is 41.8 Å². The summed E-state index contributed by atoms with van der Waals surface area (Å²) in [7, 11) is 0. The van der Waals surface area contributed by atoms with Crippen LogP contribution >= 0.6 is 0 Å². The number of likely N-dealkylation sites (N-methyl/N-ethyl adjacent to an activating group) is 1. The number of allylic oxidation sites excluding steroid dienone is 1. The quantitative estimate of drug-likeness (QED) is 0.272. The number of fused-ring (bicyclic) bond motifs is 2. The zero-order valence-corrected chi connectivity index (χ0v) is 26.7. The molecule has 4 N–H and O–H groups in total. The van der Waals surface area contributed by atoms with Crippen molar-refractivity contribution in [2.75, 3.05) is 56.8 Å². The molecule has 1 saturated heterocycles. The number of aliphatic imine (C=N–C) groups is 1. The number of pyridine rings is 2. The minimum Gasteiger partial charge on any atom is -0.404 e. The first-order valence-electron chi connectivity index (χ1n) is 15.9. The SMILES string of the molecule is CCN1CCn2cc(c(=O)c(-c3ccc(F)cc3)c2)C(=O)N(c2ccc(-c3cc(C(C=NC[C@H]4COCCO4)=CN)cnc3N)cc2)C1. The average molecular weight is 652 g/mol. The van der Waals surface area contributed by atoms with Crippen LogP contribution in [0.5, 0.6) is 0 Å². The van der Waals surface area contributed by atoms with Crippen LogP contribution in [-0.4, -0.2) is 78.8 Å². The van der Waals surface area contributed by atoms with E-state index >= 15 is 0 Å². The summed E-state index contributed by atoms with van der Waals surface area (Å²) in [6.45, 7) is 6.34. The Morgan fingerprint density at radius 3 is 2.46 bits per heavy atom. The van der Waals surface area contributed by atoms with Crippen molar-refractivity contribution in [3.05, 3.63) is 107 Å².